The van der Waals surface area contributed by atoms with Crippen molar-refractivity contribution >= 4 is 15.9 Å². The molecule has 1 aromatic rings. The SMILES string of the molecule is Cc1c(F)cc(Br)c(O)c1C(C)(C)O. The molecule has 0 saturated heterocycles. The Hall–Kier alpha value is -0.610. The van der Waals surface area contributed by atoms with E-state index in [-0.39, 0.29) is 21.3 Å². The predicted octanol–water partition coefficient (Wildman–Crippen LogP) is 2.83. The summed E-state index contributed by atoms with van der Waals surface area (Å²) >= 11 is 3.02. The maximum Gasteiger partial charge on any atom is 0.136 e. The van der Waals surface area contributed by atoms with Gasteiger partial charge in [-0.1, -0.05) is 0 Å². The molecule has 0 radical (unpaired) electrons. The molecule has 2 nitrogen and oxygen atoms in total. The lowest BCUT2D eigenvalue weighted by Crippen LogP contribution is -2.18. The summed E-state index contributed by atoms with van der Waals surface area (Å²) in [7, 11) is 0. The Kier molecular flexibility index (Phi) is 2.88. The van der Waals surface area contributed by atoms with Gasteiger partial charge in [-0.25, -0.2) is 4.39 Å². The molecule has 0 spiro atoms. The van der Waals surface area contributed by atoms with Crippen LogP contribution in [0.5, 0.6) is 5.75 Å². The molecule has 1 rings (SSSR count). The summed E-state index contributed by atoms with van der Waals surface area (Å²) in [6.07, 6.45) is 0. The van der Waals surface area contributed by atoms with Crippen LogP contribution in [0.2, 0.25) is 0 Å². The molecule has 14 heavy (non-hydrogen) atoms. The van der Waals surface area contributed by atoms with E-state index in [2.05, 4.69) is 15.9 Å². The molecule has 0 amide bonds. The van der Waals surface area contributed by atoms with Crippen molar-refractivity contribution in [1.82, 2.24) is 0 Å². The van der Waals surface area contributed by atoms with Crippen molar-refractivity contribution in [2.75, 3.05) is 0 Å². The molecule has 78 valence electrons. The zero-order chi connectivity index (χ0) is 11.1. The van der Waals surface area contributed by atoms with Crippen LogP contribution in [-0.4, -0.2) is 10.2 Å². The zero-order valence-corrected chi connectivity index (χ0v) is 9.81. The first-order chi connectivity index (χ1) is 6.25. The van der Waals surface area contributed by atoms with Crippen LogP contribution < -0.4 is 0 Å². The molecule has 0 atom stereocenters. The van der Waals surface area contributed by atoms with Gasteiger partial charge in [0, 0.05) is 5.56 Å². The van der Waals surface area contributed by atoms with Gasteiger partial charge in [-0.2, -0.15) is 0 Å². The van der Waals surface area contributed by atoms with E-state index in [1.807, 2.05) is 0 Å². The number of hydrogen-bond acceptors (Lipinski definition) is 2. The minimum Gasteiger partial charge on any atom is -0.506 e. The standard InChI is InChI=1S/C10H12BrFO2/c1-5-7(12)4-6(11)9(13)8(5)10(2,3)14/h4,13-14H,1-3H3. The Morgan fingerprint density at radius 1 is 1.43 bits per heavy atom. The normalized spacial score (nSPS) is 11.9. The molecule has 0 bridgehead atoms. The van der Waals surface area contributed by atoms with Gasteiger partial charge in [0.25, 0.3) is 0 Å². The molecule has 0 aliphatic heterocycles. The highest BCUT2D eigenvalue weighted by atomic mass is 79.9. The third kappa shape index (κ3) is 1.91. The Morgan fingerprint density at radius 3 is 2.36 bits per heavy atom. The van der Waals surface area contributed by atoms with Crippen LogP contribution in [0, 0.1) is 12.7 Å². The number of benzene rings is 1. The van der Waals surface area contributed by atoms with Crippen LogP contribution in [0.25, 0.3) is 0 Å². The lowest BCUT2D eigenvalue weighted by Gasteiger charge is -2.22. The maximum absolute atomic E-state index is 13.3. The quantitative estimate of drug-likeness (QED) is 0.817. The van der Waals surface area contributed by atoms with E-state index in [0.717, 1.165) is 0 Å². The van der Waals surface area contributed by atoms with Gasteiger partial charge in [0.15, 0.2) is 0 Å². The number of hydrogen-bond donors (Lipinski definition) is 2. The topological polar surface area (TPSA) is 40.5 Å². The molecular formula is C10H12BrFO2. The van der Waals surface area contributed by atoms with Gasteiger partial charge in [0.05, 0.1) is 10.1 Å². The van der Waals surface area contributed by atoms with Gasteiger partial charge in [0.2, 0.25) is 0 Å². The fourth-order valence-corrected chi connectivity index (χ4v) is 1.85. The highest BCUT2D eigenvalue weighted by Crippen LogP contribution is 2.38. The van der Waals surface area contributed by atoms with Crippen LogP contribution in [-0.2, 0) is 5.60 Å². The third-order valence-electron chi connectivity index (χ3n) is 2.06. The molecule has 0 fully saturated rings. The van der Waals surface area contributed by atoms with Gasteiger partial charge < -0.3 is 10.2 Å². The summed E-state index contributed by atoms with van der Waals surface area (Å²) < 4.78 is 13.5. The van der Waals surface area contributed by atoms with E-state index in [0.29, 0.717) is 0 Å². The van der Waals surface area contributed by atoms with Crippen molar-refractivity contribution in [3.05, 3.63) is 27.5 Å². The smallest absolute Gasteiger partial charge is 0.136 e. The molecule has 0 saturated carbocycles. The largest absolute Gasteiger partial charge is 0.506 e. The predicted molar refractivity (Wildman–Crippen MR) is 55.7 cm³/mol. The second-order valence-corrected chi connectivity index (χ2v) is 4.60. The second kappa shape index (κ2) is 3.51. The van der Waals surface area contributed by atoms with Gasteiger partial charge >= 0.3 is 0 Å². The van der Waals surface area contributed by atoms with Gasteiger partial charge in [-0.15, -0.1) is 0 Å². The van der Waals surface area contributed by atoms with Gasteiger partial charge in [0.1, 0.15) is 11.6 Å². The lowest BCUT2D eigenvalue weighted by atomic mass is 9.92. The second-order valence-electron chi connectivity index (χ2n) is 3.75. The summed E-state index contributed by atoms with van der Waals surface area (Å²) in [6.45, 7) is 4.52. The molecule has 1 aromatic carbocycles. The highest BCUT2D eigenvalue weighted by molar-refractivity contribution is 9.10. The monoisotopic (exact) mass is 262 g/mol. The molecule has 2 N–H and O–H groups in total. The van der Waals surface area contributed by atoms with Crippen LogP contribution >= 0.6 is 15.9 Å². The number of halogens is 2. The van der Waals surface area contributed by atoms with E-state index in [4.69, 9.17) is 0 Å². The maximum atomic E-state index is 13.3. The van der Waals surface area contributed by atoms with Crippen molar-refractivity contribution in [3.8, 4) is 5.75 Å². The molecule has 0 aliphatic carbocycles. The van der Waals surface area contributed by atoms with E-state index in [9.17, 15) is 14.6 Å². The van der Waals surface area contributed by atoms with Gasteiger partial charge in [-0.05, 0) is 48.3 Å². The minimum absolute atomic E-state index is 0.114. The van der Waals surface area contributed by atoms with Crippen molar-refractivity contribution < 1.29 is 14.6 Å². The Balaban J connectivity index is 3.56. The molecule has 0 unspecified atom stereocenters. The Labute approximate surface area is 90.5 Å². The molecule has 0 heterocycles. The van der Waals surface area contributed by atoms with Crippen molar-refractivity contribution in [2.24, 2.45) is 0 Å². The number of aromatic hydroxyl groups is 1. The first-order valence-electron chi connectivity index (χ1n) is 4.15. The van der Waals surface area contributed by atoms with Crippen molar-refractivity contribution in [1.29, 1.82) is 0 Å². The summed E-state index contributed by atoms with van der Waals surface area (Å²) in [5, 5.41) is 19.4. The fourth-order valence-electron chi connectivity index (χ4n) is 1.45. The summed E-state index contributed by atoms with van der Waals surface area (Å²) in [5.41, 5.74) is -0.790. The first kappa shape index (κ1) is 11.5. The highest BCUT2D eigenvalue weighted by Gasteiger charge is 2.26. The van der Waals surface area contributed by atoms with Crippen LogP contribution in [0.4, 0.5) is 4.39 Å². The molecular weight excluding hydrogens is 251 g/mol. The molecule has 4 heteroatoms. The summed E-state index contributed by atoms with van der Waals surface area (Å²) in [5.74, 6) is -0.566. The van der Waals surface area contributed by atoms with Crippen LogP contribution in [0.3, 0.4) is 0 Å². The molecule has 0 aromatic heterocycles. The van der Waals surface area contributed by atoms with Gasteiger partial charge in [-0.3, -0.25) is 0 Å². The van der Waals surface area contributed by atoms with E-state index in [1.54, 1.807) is 0 Å². The number of aliphatic hydroxyl groups is 1. The van der Waals surface area contributed by atoms with E-state index < -0.39 is 11.4 Å². The number of rotatable bonds is 1. The number of phenolic OH excluding ortho intramolecular Hbond substituents is 1. The fraction of sp³-hybridized carbons (Fsp3) is 0.400. The van der Waals surface area contributed by atoms with Crippen molar-refractivity contribution in [2.45, 2.75) is 26.4 Å². The Morgan fingerprint density at radius 2 is 1.93 bits per heavy atom. The third-order valence-corrected chi connectivity index (χ3v) is 2.67. The lowest BCUT2D eigenvalue weighted by molar-refractivity contribution is 0.0745. The average Bonchev–Trinajstić information content (AvgIpc) is 1.98. The first-order valence-corrected chi connectivity index (χ1v) is 4.95. The summed E-state index contributed by atoms with van der Waals surface area (Å²) in [4.78, 5) is 0. The number of phenols is 1. The Bertz CT molecular complexity index is 343. The average molecular weight is 263 g/mol. The summed E-state index contributed by atoms with van der Waals surface area (Å²) in [6, 6.07) is 1.18. The van der Waals surface area contributed by atoms with E-state index >= 15 is 0 Å². The van der Waals surface area contributed by atoms with Crippen LogP contribution in [0.15, 0.2) is 10.5 Å². The zero-order valence-electron chi connectivity index (χ0n) is 8.23. The van der Waals surface area contributed by atoms with Crippen LogP contribution in [0.1, 0.15) is 25.0 Å². The molecule has 0 aliphatic rings. The van der Waals surface area contributed by atoms with Crippen molar-refractivity contribution in [3.63, 3.8) is 0 Å². The van der Waals surface area contributed by atoms with E-state index in [1.165, 1.54) is 26.8 Å². The minimum atomic E-state index is -1.27.